The lowest BCUT2D eigenvalue weighted by molar-refractivity contribution is 0.590. The van der Waals surface area contributed by atoms with Crippen molar-refractivity contribution in [3.05, 3.63) is 24.3 Å². The van der Waals surface area contributed by atoms with Crippen molar-refractivity contribution >= 4 is 0 Å². The molecule has 0 aliphatic carbocycles. The summed E-state index contributed by atoms with van der Waals surface area (Å²) >= 11 is 0. The molecule has 0 aliphatic rings. The zero-order chi connectivity index (χ0) is 12.1. The third kappa shape index (κ3) is 3.10. The van der Waals surface area contributed by atoms with Gasteiger partial charge in [0.1, 0.15) is 25.0 Å². The molecule has 7 heteroatoms. The van der Waals surface area contributed by atoms with Crippen LogP contribution in [0.2, 0.25) is 0 Å². The summed E-state index contributed by atoms with van der Waals surface area (Å²) in [6, 6.07) is 0. The fraction of sp³-hybridized carbons (Fsp3) is 0.600. The van der Waals surface area contributed by atoms with Crippen molar-refractivity contribution in [1.82, 2.24) is 34.8 Å². The van der Waals surface area contributed by atoms with E-state index in [9.17, 15) is 0 Å². The van der Waals surface area contributed by atoms with Gasteiger partial charge in [0, 0.05) is 7.05 Å². The van der Waals surface area contributed by atoms with Crippen LogP contribution in [-0.4, -0.2) is 36.1 Å². The molecule has 0 aliphatic heterocycles. The number of rotatable bonds is 6. The number of hydrogen-bond donors (Lipinski definition) is 1. The zero-order valence-corrected chi connectivity index (χ0v) is 10.2. The Morgan fingerprint density at radius 3 is 2.94 bits per heavy atom. The number of nitrogens with one attached hydrogen (secondary N) is 1. The highest BCUT2D eigenvalue weighted by molar-refractivity contribution is 4.87. The maximum Gasteiger partial charge on any atom is 0.164 e. The van der Waals surface area contributed by atoms with Gasteiger partial charge >= 0.3 is 0 Å². The normalized spacial score (nSPS) is 10.9. The summed E-state index contributed by atoms with van der Waals surface area (Å²) in [7, 11) is 1.86. The highest BCUT2D eigenvalue weighted by Crippen LogP contribution is 1.96. The smallest absolute Gasteiger partial charge is 0.164 e. The van der Waals surface area contributed by atoms with E-state index >= 15 is 0 Å². The molecule has 2 rings (SSSR count). The molecule has 1 N–H and O–H groups in total. The minimum absolute atomic E-state index is 0.595. The standard InChI is InChI=1S/C10H17N7/c1-3-4-11-5-9-13-8-17(15-9)6-10-12-7-14-16(10)2/h7-8,11H,3-6H2,1-2H3. The third-order valence-electron chi connectivity index (χ3n) is 2.40. The molecule has 0 radical (unpaired) electrons. The van der Waals surface area contributed by atoms with E-state index in [1.165, 1.54) is 6.33 Å². The predicted molar refractivity (Wildman–Crippen MR) is 62.1 cm³/mol. The van der Waals surface area contributed by atoms with E-state index in [1.54, 1.807) is 15.7 Å². The molecule has 0 atom stereocenters. The van der Waals surface area contributed by atoms with Crippen molar-refractivity contribution in [2.24, 2.45) is 7.05 Å². The van der Waals surface area contributed by atoms with Gasteiger partial charge in [0.2, 0.25) is 0 Å². The molecule has 0 fully saturated rings. The largest absolute Gasteiger partial charge is 0.310 e. The fourth-order valence-electron chi connectivity index (χ4n) is 1.48. The zero-order valence-electron chi connectivity index (χ0n) is 10.2. The SMILES string of the molecule is CCCNCc1ncn(Cc2ncnn2C)n1. The highest BCUT2D eigenvalue weighted by atomic mass is 15.4. The number of nitrogens with zero attached hydrogens (tertiary/aromatic N) is 6. The summed E-state index contributed by atoms with van der Waals surface area (Å²) < 4.78 is 3.50. The lowest BCUT2D eigenvalue weighted by atomic mass is 10.5. The van der Waals surface area contributed by atoms with Crippen LogP contribution in [0.4, 0.5) is 0 Å². The molecule has 0 saturated carbocycles. The minimum Gasteiger partial charge on any atom is -0.310 e. The van der Waals surface area contributed by atoms with Crippen LogP contribution in [-0.2, 0) is 20.1 Å². The van der Waals surface area contributed by atoms with Crippen LogP contribution in [0.3, 0.4) is 0 Å². The Labute approximate surface area is 99.9 Å². The first-order valence-corrected chi connectivity index (χ1v) is 5.71. The van der Waals surface area contributed by atoms with Crippen LogP contribution < -0.4 is 5.32 Å². The Hall–Kier alpha value is -1.76. The Balaban J connectivity index is 1.92. The van der Waals surface area contributed by atoms with Gasteiger partial charge in [-0.05, 0) is 13.0 Å². The molecule has 17 heavy (non-hydrogen) atoms. The van der Waals surface area contributed by atoms with Gasteiger partial charge in [-0.1, -0.05) is 6.92 Å². The average molecular weight is 235 g/mol. The summed E-state index contributed by atoms with van der Waals surface area (Å²) in [5, 5.41) is 11.6. The molecule has 2 heterocycles. The Kier molecular flexibility index (Phi) is 3.81. The molecular formula is C10H17N7. The van der Waals surface area contributed by atoms with Crippen molar-refractivity contribution in [3.63, 3.8) is 0 Å². The molecule has 2 aromatic heterocycles. The third-order valence-corrected chi connectivity index (χ3v) is 2.40. The second kappa shape index (κ2) is 5.53. The van der Waals surface area contributed by atoms with Crippen LogP contribution in [0.5, 0.6) is 0 Å². The Bertz CT molecular complexity index is 459. The van der Waals surface area contributed by atoms with Gasteiger partial charge in [0.05, 0.1) is 6.54 Å². The molecule has 7 nitrogen and oxygen atoms in total. The Morgan fingerprint density at radius 1 is 1.35 bits per heavy atom. The van der Waals surface area contributed by atoms with Gasteiger partial charge in [-0.25, -0.2) is 14.6 Å². The molecule has 2 aromatic rings. The van der Waals surface area contributed by atoms with Gasteiger partial charge in [-0.2, -0.15) is 10.2 Å². The molecule has 0 unspecified atom stereocenters. The van der Waals surface area contributed by atoms with Gasteiger partial charge in [0.15, 0.2) is 5.82 Å². The summed E-state index contributed by atoms with van der Waals surface area (Å²) in [5.41, 5.74) is 0. The molecular weight excluding hydrogens is 218 g/mol. The summed E-state index contributed by atoms with van der Waals surface area (Å²) in [5.74, 6) is 1.67. The van der Waals surface area contributed by atoms with Gasteiger partial charge < -0.3 is 5.32 Å². The van der Waals surface area contributed by atoms with E-state index in [1.807, 2.05) is 7.05 Å². The molecule has 0 spiro atoms. The van der Waals surface area contributed by atoms with Gasteiger partial charge in [0.25, 0.3) is 0 Å². The van der Waals surface area contributed by atoms with E-state index in [2.05, 4.69) is 32.4 Å². The van der Waals surface area contributed by atoms with Crippen LogP contribution in [0.1, 0.15) is 25.0 Å². The van der Waals surface area contributed by atoms with Gasteiger partial charge in [-0.3, -0.25) is 4.68 Å². The van der Waals surface area contributed by atoms with Crippen molar-refractivity contribution in [3.8, 4) is 0 Å². The first kappa shape index (κ1) is 11.7. The van der Waals surface area contributed by atoms with E-state index in [4.69, 9.17) is 0 Å². The predicted octanol–water partition coefficient (Wildman–Crippen LogP) is -0.0455. The average Bonchev–Trinajstić information content (AvgIpc) is 2.91. The topological polar surface area (TPSA) is 73.5 Å². The fourth-order valence-corrected chi connectivity index (χ4v) is 1.48. The van der Waals surface area contributed by atoms with Crippen LogP contribution in [0, 0.1) is 0 Å². The van der Waals surface area contributed by atoms with E-state index in [0.29, 0.717) is 13.1 Å². The highest BCUT2D eigenvalue weighted by Gasteiger charge is 2.04. The molecule has 0 aromatic carbocycles. The first-order valence-electron chi connectivity index (χ1n) is 5.71. The van der Waals surface area contributed by atoms with E-state index in [-0.39, 0.29) is 0 Å². The maximum atomic E-state index is 4.36. The second-order valence-electron chi connectivity index (χ2n) is 3.84. The van der Waals surface area contributed by atoms with Crippen molar-refractivity contribution in [2.75, 3.05) is 6.54 Å². The monoisotopic (exact) mass is 235 g/mol. The molecule has 0 saturated heterocycles. The second-order valence-corrected chi connectivity index (χ2v) is 3.84. The molecule has 0 amide bonds. The van der Waals surface area contributed by atoms with Crippen LogP contribution in [0.15, 0.2) is 12.7 Å². The molecule has 92 valence electrons. The quantitative estimate of drug-likeness (QED) is 0.711. The maximum absolute atomic E-state index is 4.36. The van der Waals surface area contributed by atoms with Gasteiger partial charge in [-0.15, -0.1) is 0 Å². The lowest BCUT2D eigenvalue weighted by Gasteiger charge is -2.00. The minimum atomic E-state index is 0.595. The van der Waals surface area contributed by atoms with E-state index < -0.39 is 0 Å². The van der Waals surface area contributed by atoms with E-state index in [0.717, 1.165) is 24.6 Å². The summed E-state index contributed by atoms with van der Waals surface area (Å²) in [6.45, 7) is 4.42. The Morgan fingerprint density at radius 2 is 2.24 bits per heavy atom. The number of aryl methyl sites for hydroxylation is 1. The number of aromatic nitrogens is 6. The van der Waals surface area contributed by atoms with Crippen molar-refractivity contribution in [1.29, 1.82) is 0 Å². The van der Waals surface area contributed by atoms with Crippen LogP contribution in [0.25, 0.3) is 0 Å². The molecule has 0 bridgehead atoms. The van der Waals surface area contributed by atoms with Crippen LogP contribution >= 0.6 is 0 Å². The van der Waals surface area contributed by atoms with Crippen molar-refractivity contribution < 1.29 is 0 Å². The first-order chi connectivity index (χ1) is 8.29. The van der Waals surface area contributed by atoms with Crippen molar-refractivity contribution in [2.45, 2.75) is 26.4 Å². The summed E-state index contributed by atoms with van der Waals surface area (Å²) in [6.07, 6.45) is 4.37. The number of hydrogen-bond acceptors (Lipinski definition) is 5. The summed E-state index contributed by atoms with van der Waals surface area (Å²) in [4.78, 5) is 8.37. The lowest BCUT2D eigenvalue weighted by Crippen LogP contribution is -2.15.